The van der Waals surface area contributed by atoms with Crippen LogP contribution in [0, 0.1) is 0 Å². The summed E-state index contributed by atoms with van der Waals surface area (Å²) in [5, 5.41) is 0. The molecule has 0 rings (SSSR count). The molecular formula is C51H82O5. The van der Waals surface area contributed by atoms with Crippen molar-refractivity contribution in [2.75, 3.05) is 19.8 Å². The lowest BCUT2D eigenvalue weighted by Gasteiger charge is -2.18. The van der Waals surface area contributed by atoms with Gasteiger partial charge in [-0.3, -0.25) is 9.59 Å². The number of carbonyl (C=O) groups is 2. The van der Waals surface area contributed by atoms with E-state index in [9.17, 15) is 9.59 Å². The third-order valence-corrected chi connectivity index (χ3v) is 8.79. The topological polar surface area (TPSA) is 61.8 Å². The molecule has 5 nitrogen and oxygen atoms in total. The molecule has 56 heavy (non-hydrogen) atoms. The molecule has 0 aromatic carbocycles. The highest BCUT2D eigenvalue weighted by Gasteiger charge is 2.17. The number of carbonyl (C=O) groups excluding carboxylic acids is 2. The van der Waals surface area contributed by atoms with E-state index in [-0.39, 0.29) is 25.2 Å². The van der Waals surface area contributed by atoms with Gasteiger partial charge in [-0.15, -0.1) is 0 Å². The Balaban J connectivity index is 4.46. The van der Waals surface area contributed by atoms with Gasteiger partial charge < -0.3 is 14.2 Å². The number of allylic oxidation sites excluding steroid dienone is 17. The Kier molecular flexibility index (Phi) is 43.1. The van der Waals surface area contributed by atoms with Crippen molar-refractivity contribution < 1.29 is 23.8 Å². The fourth-order valence-corrected chi connectivity index (χ4v) is 5.51. The molecule has 0 amide bonds. The van der Waals surface area contributed by atoms with Gasteiger partial charge in [-0.25, -0.2) is 0 Å². The minimum absolute atomic E-state index is 0.0303. The standard InChI is InChI=1S/C51H82O5/c1-4-7-10-13-16-19-22-24-25-26-28-31-34-37-40-43-46-54-47-49(56-51(53)45-42-39-36-33-29-21-18-15-12-9-6-3)48-55-50(52)44-41-38-35-32-30-27-23-20-17-14-11-8-5-2/h7-8,10-11,15-20,24-25,27-28,30-31,37,40,49H,4-6,9,12-14,21-23,26,29,32-36,38-39,41-48H2,1-3H3/b10-7-,11-8-,18-15-,19-16-,20-17-,25-24-,30-27-,31-28-,40-37-. The van der Waals surface area contributed by atoms with Gasteiger partial charge >= 0.3 is 11.9 Å². The molecule has 0 saturated carbocycles. The van der Waals surface area contributed by atoms with Gasteiger partial charge in [-0.05, 0) is 103 Å². The van der Waals surface area contributed by atoms with Crippen LogP contribution in [0.25, 0.3) is 0 Å². The predicted octanol–water partition coefficient (Wildman–Crippen LogP) is 14.9. The zero-order valence-corrected chi connectivity index (χ0v) is 36.1. The molecule has 0 aromatic rings. The molecule has 0 spiro atoms. The van der Waals surface area contributed by atoms with Crippen LogP contribution >= 0.6 is 0 Å². The van der Waals surface area contributed by atoms with Crippen molar-refractivity contribution in [3.63, 3.8) is 0 Å². The van der Waals surface area contributed by atoms with Crippen LogP contribution in [-0.4, -0.2) is 37.9 Å². The maximum Gasteiger partial charge on any atom is 0.306 e. The highest BCUT2D eigenvalue weighted by molar-refractivity contribution is 5.70. The summed E-state index contributed by atoms with van der Waals surface area (Å²) in [4.78, 5) is 25.2. The van der Waals surface area contributed by atoms with E-state index < -0.39 is 6.10 Å². The summed E-state index contributed by atoms with van der Waals surface area (Å²) in [6, 6.07) is 0. The van der Waals surface area contributed by atoms with E-state index in [2.05, 4.69) is 130 Å². The first-order valence-corrected chi connectivity index (χ1v) is 22.4. The quantitative estimate of drug-likeness (QED) is 0.0354. The third kappa shape index (κ3) is 43.3. The van der Waals surface area contributed by atoms with Crippen LogP contribution in [0.2, 0.25) is 0 Å². The minimum Gasteiger partial charge on any atom is -0.462 e. The van der Waals surface area contributed by atoms with E-state index in [1.165, 1.54) is 32.1 Å². The Morgan fingerprint density at radius 1 is 0.411 bits per heavy atom. The number of ether oxygens (including phenoxy) is 3. The second-order valence-corrected chi connectivity index (χ2v) is 14.2. The van der Waals surface area contributed by atoms with Gasteiger partial charge in [0.25, 0.3) is 0 Å². The van der Waals surface area contributed by atoms with Crippen LogP contribution < -0.4 is 0 Å². The number of esters is 2. The van der Waals surface area contributed by atoms with Crippen molar-refractivity contribution in [2.45, 2.75) is 181 Å². The zero-order chi connectivity index (χ0) is 40.7. The second-order valence-electron chi connectivity index (χ2n) is 14.2. The molecule has 0 N–H and O–H groups in total. The molecule has 0 bridgehead atoms. The van der Waals surface area contributed by atoms with E-state index in [0.29, 0.717) is 19.4 Å². The summed E-state index contributed by atoms with van der Waals surface area (Å²) >= 11 is 0. The molecular weight excluding hydrogens is 693 g/mol. The molecule has 1 unspecified atom stereocenters. The SMILES string of the molecule is CC/C=C\C/C=C\C/C=C\C/C=C\C/C=C\CCOCC(COC(=O)CCCCC/C=C\C/C=C\C/C=C\CC)OC(=O)CCCCCCC/C=C\CCCC. The summed E-state index contributed by atoms with van der Waals surface area (Å²) in [7, 11) is 0. The molecule has 0 aliphatic rings. The van der Waals surface area contributed by atoms with Crippen LogP contribution in [0.3, 0.4) is 0 Å². The lowest BCUT2D eigenvalue weighted by molar-refractivity contribution is -0.162. The summed E-state index contributed by atoms with van der Waals surface area (Å²) in [6.45, 7) is 7.28. The molecule has 0 heterocycles. The zero-order valence-electron chi connectivity index (χ0n) is 36.1. The number of rotatable bonds is 39. The number of unbranched alkanes of at least 4 members (excludes halogenated alkanes) is 10. The van der Waals surface area contributed by atoms with Crippen molar-refractivity contribution in [1.82, 2.24) is 0 Å². The lowest BCUT2D eigenvalue weighted by Crippen LogP contribution is -2.30. The van der Waals surface area contributed by atoms with Crippen molar-refractivity contribution in [3.8, 4) is 0 Å². The van der Waals surface area contributed by atoms with Crippen molar-refractivity contribution in [1.29, 1.82) is 0 Å². The van der Waals surface area contributed by atoms with Gasteiger partial charge in [-0.1, -0.05) is 169 Å². The van der Waals surface area contributed by atoms with Crippen LogP contribution in [0.5, 0.6) is 0 Å². The third-order valence-electron chi connectivity index (χ3n) is 8.79. The van der Waals surface area contributed by atoms with Gasteiger partial charge in [0.1, 0.15) is 6.61 Å². The van der Waals surface area contributed by atoms with E-state index in [4.69, 9.17) is 14.2 Å². The van der Waals surface area contributed by atoms with Crippen molar-refractivity contribution in [2.24, 2.45) is 0 Å². The maximum absolute atomic E-state index is 12.7. The number of hydrogen-bond acceptors (Lipinski definition) is 5. The predicted molar refractivity (Wildman–Crippen MR) is 242 cm³/mol. The van der Waals surface area contributed by atoms with E-state index in [0.717, 1.165) is 109 Å². The molecule has 0 saturated heterocycles. The van der Waals surface area contributed by atoms with Gasteiger partial charge in [0.05, 0.1) is 13.2 Å². The number of hydrogen-bond donors (Lipinski definition) is 0. The molecule has 0 fully saturated rings. The first kappa shape index (κ1) is 52.6. The van der Waals surface area contributed by atoms with Crippen molar-refractivity contribution >= 4 is 11.9 Å². The molecule has 0 radical (unpaired) electrons. The molecule has 0 aromatic heterocycles. The summed E-state index contributed by atoms with van der Waals surface area (Å²) in [5.74, 6) is -0.494. The Morgan fingerprint density at radius 2 is 0.804 bits per heavy atom. The Bertz CT molecular complexity index is 1150. The first-order valence-electron chi connectivity index (χ1n) is 22.4. The minimum atomic E-state index is -0.596. The van der Waals surface area contributed by atoms with Gasteiger partial charge in [0.15, 0.2) is 6.10 Å². The average molecular weight is 775 g/mol. The average Bonchev–Trinajstić information content (AvgIpc) is 3.20. The molecule has 5 heteroatoms. The normalized spacial score (nSPS) is 13.3. The van der Waals surface area contributed by atoms with Crippen molar-refractivity contribution in [3.05, 3.63) is 109 Å². The molecule has 0 aliphatic carbocycles. The molecule has 0 aliphatic heterocycles. The van der Waals surface area contributed by atoms with Gasteiger partial charge in [0.2, 0.25) is 0 Å². The highest BCUT2D eigenvalue weighted by Crippen LogP contribution is 2.11. The molecule has 1 atom stereocenters. The fourth-order valence-electron chi connectivity index (χ4n) is 5.51. The van der Waals surface area contributed by atoms with Crippen LogP contribution in [0.4, 0.5) is 0 Å². The Hall–Kier alpha value is -3.44. The summed E-state index contributed by atoms with van der Waals surface area (Å²) in [5.41, 5.74) is 0. The maximum atomic E-state index is 12.7. The summed E-state index contributed by atoms with van der Waals surface area (Å²) < 4.78 is 17.2. The smallest absolute Gasteiger partial charge is 0.306 e. The Labute approximate surface area is 344 Å². The van der Waals surface area contributed by atoms with E-state index in [1.54, 1.807) is 0 Å². The van der Waals surface area contributed by atoms with Crippen LogP contribution in [-0.2, 0) is 23.8 Å². The van der Waals surface area contributed by atoms with Crippen LogP contribution in [0.15, 0.2) is 109 Å². The summed E-state index contributed by atoms with van der Waals surface area (Å²) in [6.07, 6.45) is 62.5. The fraction of sp³-hybridized carbons (Fsp3) is 0.608. The second kappa shape index (κ2) is 45.9. The highest BCUT2D eigenvalue weighted by atomic mass is 16.6. The van der Waals surface area contributed by atoms with Gasteiger partial charge in [-0.2, -0.15) is 0 Å². The molecule has 316 valence electrons. The lowest BCUT2D eigenvalue weighted by atomic mass is 10.1. The Morgan fingerprint density at radius 3 is 1.32 bits per heavy atom. The first-order chi connectivity index (χ1) is 27.6. The van der Waals surface area contributed by atoms with Gasteiger partial charge in [0, 0.05) is 12.8 Å². The van der Waals surface area contributed by atoms with E-state index >= 15 is 0 Å². The largest absolute Gasteiger partial charge is 0.462 e. The monoisotopic (exact) mass is 775 g/mol. The van der Waals surface area contributed by atoms with Crippen LogP contribution in [0.1, 0.15) is 175 Å². The van der Waals surface area contributed by atoms with E-state index in [1.807, 2.05) is 0 Å².